The van der Waals surface area contributed by atoms with E-state index < -0.39 is 0 Å². The van der Waals surface area contributed by atoms with Gasteiger partial charge in [-0.15, -0.1) is 0 Å². The van der Waals surface area contributed by atoms with Crippen LogP contribution in [0.2, 0.25) is 0 Å². The Labute approximate surface area is 145 Å². The van der Waals surface area contributed by atoms with Crippen LogP contribution in [0.5, 0.6) is 0 Å². The number of nitrogens with one attached hydrogen (secondary N) is 1. The monoisotopic (exact) mass is 338 g/mol. The van der Waals surface area contributed by atoms with E-state index in [4.69, 9.17) is 4.74 Å². The Morgan fingerprint density at radius 3 is 2.24 bits per heavy atom. The van der Waals surface area contributed by atoms with E-state index in [2.05, 4.69) is 5.32 Å². The lowest BCUT2D eigenvalue weighted by atomic mass is 10.1. The number of rotatable bonds is 6. The van der Waals surface area contributed by atoms with Crippen LogP contribution < -0.4 is 5.32 Å². The summed E-state index contributed by atoms with van der Waals surface area (Å²) in [7, 11) is 1.58. The number of ether oxygens (including phenoxy) is 1. The van der Waals surface area contributed by atoms with Gasteiger partial charge in [0.15, 0.2) is 0 Å². The maximum Gasteiger partial charge on any atom is 0.261 e. The number of para-hydroxylation sites is 1. The van der Waals surface area contributed by atoms with Crippen molar-refractivity contribution in [2.24, 2.45) is 0 Å². The minimum absolute atomic E-state index is 0.0345. The Hall–Kier alpha value is -2.99. The summed E-state index contributed by atoms with van der Waals surface area (Å²) in [5.74, 6) is -0.971. The minimum atomic E-state index is -0.354. The number of imide groups is 1. The zero-order chi connectivity index (χ0) is 17.8. The van der Waals surface area contributed by atoms with Gasteiger partial charge >= 0.3 is 0 Å². The van der Waals surface area contributed by atoms with Gasteiger partial charge in [-0.3, -0.25) is 19.3 Å². The number of nitrogens with zero attached hydrogens (tertiary/aromatic N) is 1. The molecule has 1 N–H and O–H groups in total. The van der Waals surface area contributed by atoms with Crippen molar-refractivity contribution >= 4 is 23.4 Å². The van der Waals surface area contributed by atoms with E-state index >= 15 is 0 Å². The van der Waals surface area contributed by atoms with E-state index in [9.17, 15) is 14.4 Å². The standard InChI is InChI=1S/C19H18N2O4/c1-25-12-13-6-2-5-9-16(13)20-17(22)10-11-21-18(23)14-7-3-4-8-15(14)19(21)24/h2-9H,10-12H2,1H3,(H,20,22). The summed E-state index contributed by atoms with van der Waals surface area (Å²) in [6, 6.07) is 14.0. The summed E-state index contributed by atoms with van der Waals surface area (Å²) in [6.07, 6.45) is 0.0345. The van der Waals surface area contributed by atoms with Gasteiger partial charge in [0.05, 0.1) is 17.7 Å². The highest BCUT2D eigenvalue weighted by Gasteiger charge is 2.34. The number of benzene rings is 2. The van der Waals surface area contributed by atoms with E-state index in [1.54, 1.807) is 37.4 Å². The van der Waals surface area contributed by atoms with Crippen molar-refractivity contribution in [3.05, 3.63) is 65.2 Å². The fourth-order valence-corrected chi connectivity index (χ4v) is 2.79. The number of carbonyl (C=O) groups excluding carboxylic acids is 3. The van der Waals surface area contributed by atoms with Gasteiger partial charge in [-0.1, -0.05) is 30.3 Å². The van der Waals surface area contributed by atoms with Crippen LogP contribution in [0.15, 0.2) is 48.5 Å². The molecule has 1 aliphatic rings. The third-order valence-electron chi connectivity index (χ3n) is 4.03. The largest absolute Gasteiger partial charge is 0.380 e. The topological polar surface area (TPSA) is 75.7 Å². The summed E-state index contributed by atoms with van der Waals surface area (Å²) in [5, 5.41) is 2.80. The molecule has 0 fully saturated rings. The Morgan fingerprint density at radius 1 is 1.00 bits per heavy atom. The van der Waals surface area contributed by atoms with Crippen molar-refractivity contribution in [3.8, 4) is 0 Å². The Balaban J connectivity index is 1.62. The van der Waals surface area contributed by atoms with E-state index in [-0.39, 0.29) is 30.7 Å². The van der Waals surface area contributed by atoms with Crippen LogP contribution in [0.1, 0.15) is 32.7 Å². The molecule has 0 aromatic heterocycles. The molecule has 0 atom stereocenters. The SMILES string of the molecule is COCc1ccccc1NC(=O)CCN1C(=O)c2ccccc2C1=O. The summed E-state index contributed by atoms with van der Waals surface area (Å²) in [6.45, 7) is 0.430. The molecule has 1 heterocycles. The quantitative estimate of drug-likeness (QED) is 0.821. The molecule has 128 valence electrons. The lowest BCUT2D eigenvalue weighted by molar-refractivity contribution is -0.116. The maximum atomic E-state index is 12.3. The molecular weight excluding hydrogens is 320 g/mol. The van der Waals surface area contributed by atoms with Gasteiger partial charge in [-0.05, 0) is 18.2 Å². The van der Waals surface area contributed by atoms with Gasteiger partial charge in [0.2, 0.25) is 5.91 Å². The number of fused-ring (bicyclic) bond motifs is 1. The predicted molar refractivity (Wildman–Crippen MR) is 92.2 cm³/mol. The van der Waals surface area contributed by atoms with Gasteiger partial charge in [-0.25, -0.2) is 0 Å². The zero-order valence-electron chi connectivity index (χ0n) is 13.8. The van der Waals surface area contributed by atoms with Crippen LogP contribution >= 0.6 is 0 Å². The average Bonchev–Trinajstić information content (AvgIpc) is 2.86. The smallest absolute Gasteiger partial charge is 0.261 e. The number of methoxy groups -OCH3 is 1. The first-order valence-electron chi connectivity index (χ1n) is 7.93. The summed E-state index contributed by atoms with van der Waals surface area (Å²) >= 11 is 0. The van der Waals surface area contributed by atoms with Crippen LogP contribution in [0.25, 0.3) is 0 Å². The summed E-state index contributed by atoms with van der Waals surface area (Å²) in [4.78, 5) is 37.9. The first-order chi connectivity index (χ1) is 12.1. The molecule has 2 aromatic rings. The first kappa shape index (κ1) is 16.9. The summed E-state index contributed by atoms with van der Waals surface area (Å²) < 4.78 is 5.11. The highest BCUT2D eigenvalue weighted by molar-refractivity contribution is 6.21. The van der Waals surface area contributed by atoms with Crippen molar-refractivity contribution in [1.82, 2.24) is 4.90 Å². The van der Waals surface area contributed by atoms with Gasteiger partial charge in [0, 0.05) is 31.3 Å². The average molecular weight is 338 g/mol. The molecular formula is C19H18N2O4. The molecule has 25 heavy (non-hydrogen) atoms. The normalized spacial score (nSPS) is 13.1. The zero-order valence-corrected chi connectivity index (χ0v) is 13.8. The van der Waals surface area contributed by atoms with Crippen molar-refractivity contribution in [2.75, 3.05) is 19.0 Å². The second kappa shape index (κ2) is 7.27. The highest BCUT2D eigenvalue weighted by Crippen LogP contribution is 2.22. The first-order valence-corrected chi connectivity index (χ1v) is 7.93. The lowest BCUT2D eigenvalue weighted by Gasteiger charge is -2.14. The summed E-state index contributed by atoms with van der Waals surface area (Å²) in [5.41, 5.74) is 2.30. The molecule has 6 heteroatoms. The number of anilines is 1. The number of amides is 3. The molecule has 0 bridgehead atoms. The third-order valence-corrected chi connectivity index (χ3v) is 4.03. The molecule has 0 saturated heterocycles. The van der Waals surface area contributed by atoms with Crippen LogP contribution in [0, 0.1) is 0 Å². The van der Waals surface area contributed by atoms with Gasteiger partial charge in [0.25, 0.3) is 11.8 Å². The van der Waals surface area contributed by atoms with Gasteiger partial charge < -0.3 is 10.1 Å². The van der Waals surface area contributed by atoms with Crippen molar-refractivity contribution in [1.29, 1.82) is 0 Å². The second-order valence-electron chi connectivity index (χ2n) is 5.70. The molecule has 3 amide bonds. The minimum Gasteiger partial charge on any atom is -0.380 e. The third kappa shape index (κ3) is 3.44. The molecule has 3 rings (SSSR count). The molecule has 0 spiro atoms. The number of hydrogen-bond donors (Lipinski definition) is 1. The fourth-order valence-electron chi connectivity index (χ4n) is 2.79. The van der Waals surface area contributed by atoms with Crippen LogP contribution in [-0.2, 0) is 16.1 Å². The molecule has 0 saturated carbocycles. The lowest BCUT2D eigenvalue weighted by Crippen LogP contribution is -2.33. The highest BCUT2D eigenvalue weighted by atomic mass is 16.5. The van der Waals surface area contributed by atoms with Crippen molar-refractivity contribution in [3.63, 3.8) is 0 Å². The van der Waals surface area contributed by atoms with E-state index in [0.29, 0.717) is 23.4 Å². The number of carbonyl (C=O) groups is 3. The predicted octanol–water partition coefficient (Wildman–Crippen LogP) is 2.46. The van der Waals surface area contributed by atoms with E-state index in [1.807, 2.05) is 18.2 Å². The van der Waals surface area contributed by atoms with Gasteiger partial charge in [-0.2, -0.15) is 0 Å². The van der Waals surface area contributed by atoms with Crippen LogP contribution in [0.3, 0.4) is 0 Å². The molecule has 0 unspecified atom stereocenters. The van der Waals surface area contributed by atoms with Crippen molar-refractivity contribution < 1.29 is 19.1 Å². The molecule has 0 aliphatic carbocycles. The van der Waals surface area contributed by atoms with Crippen molar-refractivity contribution in [2.45, 2.75) is 13.0 Å². The maximum absolute atomic E-state index is 12.3. The van der Waals surface area contributed by atoms with E-state index in [1.165, 1.54) is 0 Å². The number of hydrogen-bond acceptors (Lipinski definition) is 4. The van der Waals surface area contributed by atoms with Crippen LogP contribution in [0.4, 0.5) is 5.69 Å². The Morgan fingerprint density at radius 2 is 1.60 bits per heavy atom. The molecule has 0 radical (unpaired) electrons. The fraction of sp³-hybridized carbons (Fsp3) is 0.211. The second-order valence-corrected chi connectivity index (χ2v) is 5.70. The van der Waals surface area contributed by atoms with E-state index in [0.717, 1.165) is 10.5 Å². The van der Waals surface area contributed by atoms with Crippen LogP contribution in [-0.4, -0.2) is 36.3 Å². The molecule has 1 aliphatic heterocycles. The molecule has 2 aromatic carbocycles. The molecule has 6 nitrogen and oxygen atoms in total. The Kier molecular flexibility index (Phi) is 4.90. The Bertz CT molecular complexity index is 797. The van der Waals surface area contributed by atoms with Gasteiger partial charge in [0.1, 0.15) is 0 Å².